The fourth-order valence-electron chi connectivity index (χ4n) is 3.69. The molecule has 24 heavy (non-hydrogen) atoms. The zero-order chi connectivity index (χ0) is 17.4. The Labute approximate surface area is 144 Å². The van der Waals surface area contributed by atoms with Crippen LogP contribution in [0.1, 0.15) is 6.42 Å². The Morgan fingerprint density at radius 2 is 1.75 bits per heavy atom. The molecule has 1 saturated carbocycles. The molecule has 2 aliphatic carbocycles. The first-order chi connectivity index (χ1) is 11.5. The zero-order valence-corrected chi connectivity index (χ0v) is 14.0. The number of carboxylic acids is 1. The van der Waals surface area contributed by atoms with E-state index < -0.39 is 17.8 Å². The fraction of sp³-hybridized carbons (Fsp3) is 0.412. The maximum absolute atomic E-state index is 12.7. The molecule has 2 N–H and O–H groups in total. The van der Waals surface area contributed by atoms with Crippen molar-refractivity contribution in [1.29, 1.82) is 0 Å². The monoisotopic (exact) mass is 351 g/mol. The Bertz CT molecular complexity index is 717. The first-order valence-corrected chi connectivity index (χ1v) is 7.97. The molecule has 0 aromatic heterocycles. The van der Waals surface area contributed by atoms with Gasteiger partial charge in [0.15, 0.2) is 0 Å². The van der Waals surface area contributed by atoms with E-state index in [0.717, 1.165) is 0 Å². The Kier molecular flexibility index (Phi) is 4.41. The number of anilines is 1. The van der Waals surface area contributed by atoms with E-state index in [1.807, 2.05) is 12.2 Å². The highest BCUT2D eigenvalue weighted by Crippen LogP contribution is 2.48. The second kappa shape index (κ2) is 6.36. The maximum atomic E-state index is 12.7. The summed E-state index contributed by atoms with van der Waals surface area (Å²) in [7, 11) is 2.94. The van der Waals surface area contributed by atoms with Gasteiger partial charge < -0.3 is 19.9 Å². The summed E-state index contributed by atoms with van der Waals surface area (Å²) in [5.41, 5.74) is 0.402. The Morgan fingerprint density at radius 3 is 2.33 bits per heavy atom. The number of allylic oxidation sites excluding steroid dienone is 2. The number of rotatable bonds is 5. The topological polar surface area (TPSA) is 84.9 Å². The predicted octanol–water partition coefficient (Wildman–Crippen LogP) is 2.82. The van der Waals surface area contributed by atoms with Crippen LogP contribution in [0.3, 0.4) is 0 Å². The molecule has 1 fully saturated rings. The number of carboxylic acid groups (broad SMARTS) is 1. The van der Waals surface area contributed by atoms with E-state index in [1.165, 1.54) is 14.2 Å². The van der Waals surface area contributed by atoms with Crippen molar-refractivity contribution in [3.63, 3.8) is 0 Å². The highest BCUT2D eigenvalue weighted by Gasteiger charge is 2.51. The normalized spacial score (nSPS) is 27.1. The van der Waals surface area contributed by atoms with Crippen LogP contribution in [0.5, 0.6) is 11.5 Å². The lowest BCUT2D eigenvalue weighted by Crippen LogP contribution is -2.36. The molecule has 1 aromatic carbocycles. The highest BCUT2D eigenvalue weighted by atomic mass is 35.5. The molecule has 2 bridgehead atoms. The number of carbonyl (C=O) groups excluding carboxylic acids is 1. The lowest BCUT2D eigenvalue weighted by atomic mass is 9.82. The van der Waals surface area contributed by atoms with Crippen molar-refractivity contribution < 1.29 is 24.2 Å². The van der Waals surface area contributed by atoms with Crippen molar-refractivity contribution in [3.05, 3.63) is 29.3 Å². The van der Waals surface area contributed by atoms with Crippen molar-refractivity contribution in [2.24, 2.45) is 23.7 Å². The summed E-state index contributed by atoms with van der Waals surface area (Å²) in [5, 5.41) is 12.6. The Hall–Kier alpha value is -2.21. The fourth-order valence-corrected chi connectivity index (χ4v) is 3.92. The number of amides is 1. The van der Waals surface area contributed by atoms with Gasteiger partial charge in [-0.15, -0.1) is 0 Å². The molecule has 1 aromatic rings. The maximum Gasteiger partial charge on any atom is 0.307 e. The number of halogens is 1. The van der Waals surface area contributed by atoms with Gasteiger partial charge in [0.2, 0.25) is 5.91 Å². The molecule has 1 amide bonds. The molecule has 7 heteroatoms. The van der Waals surface area contributed by atoms with E-state index in [1.54, 1.807) is 12.1 Å². The number of ether oxygens (including phenoxy) is 2. The SMILES string of the molecule is COc1cc(NC(=O)[C@@H]2[C@@H](C(=O)O)[C@H]3C=C[C@@H]2C3)c(OC)cc1Cl. The number of hydrogen-bond donors (Lipinski definition) is 2. The molecule has 0 heterocycles. The molecule has 4 atom stereocenters. The van der Waals surface area contributed by atoms with Crippen LogP contribution in [0.15, 0.2) is 24.3 Å². The van der Waals surface area contributed by atoms with Crippen LogP contribution < -0.4 is 14.8 Å². The molecule has 0 unspecified atom stereocenters. The van der Waals surface area contributed by atoms with Crippen molar-refractivity contribution in [2.75, 3.05) is 19.5 Å². The number of fused-ring (bicyclic) bond motifs is 2. The van der Waals surface area contributed by atoms with Crippen molar-refractivity contribution in [3.8, 4) is 11.5 Å². The van der Waals surface area contributed by atoms with Gasteiger partial charge in [0.05, 0.1) is 36.8 Å². The van der Waals surface area contributed by atoms with Gasteiger partial charge in [-0.1, -0.05) is 23.8 Å². The van der Waals surface area contributed by atoms with E-state index in [9.17, 15) is 14.7 Å². The summed E-state index contributed by atoms with van der Waals surface area (Å²) < 4.78 is 10.4. The summed E-state index contributed by atoms with van der Waals surface area (Å²) in [4.78, 5) is 24.3. The Morgan fingerprint density at radius 1 is 1.12 bits per heavy atom. The van der Waals surface area contributed by atoms with Crippen LogP contribution in [0, 0.1) is 23.7 Å². The van der Waals surface area contributed by atoms with E-state index in [-0.39, 0.29) is 17.7 Å². The molecule has 0 saturated heterocycles. The van der Waals surface area contributed by atoms with Crippen molar-refractivity contribution >= 4 is 29.2 Å². The molecular weight excluding hydrogens is 334 g/mol. The molecular formula is C17H18ClNO5. The van der Waals surface area contributed by atoms with Crippen molar-refractivity contribution in [2.45, 2.75) is 6.42 Å². The lowest BCUT2D eigenvalue weighted by Gasteiger charge is -2.24. The van der Waals surface area contributed by atoms with Crippen molar-refractivity contribution in [1.82, 2.24) is 0 Å². The Balaban J connectivity index is 1.87. The zero-order valence-electron chi connectivity index (χ0n) is 13.3. The average molecular weight is 352 g/mol. The van der Waals surface area contributed by atoms with E-state index in [0.29, 0.717) is 28.6 Å². The smallest absolute Gasteiger partial charge is 0.307 e. The van der Waals surface area contributed by atoms with Gasteiger partial charge in [0, 0.05) is 12.1 Å². The third-order valence-electron chi connectivity index (χ3n) is 4.78. The van der Waals surface area contributed by atoms with E-state index >= 15 is 0 Å². The van der Waals surface area contributed by atoms with Gasteiger partial charge in [-0.3, -0.25) is 9.59 Å². The van der Waals surface area contributed by atoms with E-state index in [2.05, 4.69) is 5.32 Å². The summed E-state index contributed by atoms with van der Waals surface area (Å²) >= 11 is 6.06. The second-order valence-corrected chi connectivity index (χ2v) is 6.42. The molecule has 0 aliphatic heterocycles. The molecule has 0 spiro atoms. The summed E-state index contributed by atoms with van der Waals surface area (Å²) in [6.45, 7) is 0. The number of benzene rings is 1. The minimum Gasteiger partial charge on any atom is -0.495 e. The largest absolute Gasteiger partial charge is 0.495 e. The second-order valence-electron chi connectivity index (χ2n) is 6.01. The van der Waals surface area contributed by atoms with Crippen LogP contribution in [0.2, 0.25) is 5.02 Å². The summed E-state index contributed by atoms with van der Waals surface area (Å²) in [5.74, 6) is -1.89. The van der Waals surface area contributed by atoms with Gasteiger partial charge in [0.1, 0.15) is 11.5 Å². The van der Waals surface area contributed by atoms with Gasteiger partial charge in [-0.2, -0.15) is 0 Å². The first-order valence-electron chi connectivity index (χ1n) is 7.59. The minimum absolute atomic E-state index is 0.0451. The average Bonchev–Trinajstić information content (AvgIpc) is 3.16. The summed E-state index contributed by atoms with van der Waals surface area (Å²) in [6.07, 6.45) is 4.54. The third-order valence-corrected chi connectivity index (χ3v) is 5.07. The first kappa shape index (κ1) is 16.6. The molecule has 0 radical (unpaired) electrons. The number of methoxy groups -OCH3 is 2. The minimum atomic E-state index is -0.937. The standard InChI is InChI=1S/C17H18ClNO5/c1-23-12-7-11(13(24-2)6-10(12)18)19-16(20)14-8-3-4-9(5-8)15(14)17(21)22/h3-4,6-9,14-15H,5H2,1-2H3,(H,19,20)(H,21,22)/t8-,9+,14+,15+/m1/s1. The molecule has 3 rings (SSSR count). The molecule has 128 valence electrons. The predicted molar refractivity (Wildman–Crippen MR) is 88.5 cm³/mol. The molecule has 2 aliphatic rings. The quantitative estimate of drug-likeness (QED) is 0.797. The van der Waals surface area contributed by atoms with Gasteiger partial charge in [-0.25, -0.2) is 0 Å². The van der Waals surface area contributed by atoms with Gasteiger partial charge in [0.25, 0.3) is 0 Å². The number of hydrogen-bond acceptors (Lipinski definition) is 4. The van der Waals surface area contributed by atoms with Crippen LogP contribution in [-0.2, 0) is 9.59 Å². The number of nitrogens with one attached hydrogen (secondary N) is 1. The number of carbonyl (C=O) groups is 2. The van der Waals surface area contributed by atoms with Crippen LogP contribution in [0.4, 0.5) is 5.69 Å². The van der Waals surface area contributed by atoms with E-state index in [4.69, 9.17) is 21.1 Å². The highest BCUT2D eigenvalue weighted by molar-refractivity contribution is 6.32. The van der Waals surface area contributed by atoms with Crippen LogP contribution in [-0.4, -0.2) is 31.2 Å². The van der Waals surface area contributed by atoms with Crippen LogP contribution in [0.25, 0.3) is 0 Å². The molecule has 6 nitrogen and oxygen atoms in total. The van der Waals surface area contributed by atoms with Crippen LogP contribution >= 0.6 is 11.6 Å². The third kappa shape index (κ3) is 2.71. The lowest BCUT2D eigenvalue weighted by molar-refractivity contribution is -0.146. The van der Waals surface area contributed by atoms with Gasteiger partial charge >= 0.3 is 5.97 Å². The van der Waals surface area contributed by atoms with Gasteiger partial charge in [-0.05, 0) is 18.3 Å². The summed E-state index contributed by atoms with van der Waals surface area (Å²) in [6, 6.07) is 3.11. The number of aliphatic carboxylic acids is 1.